The standard InChI is InChI=1S/C11H7ClN2O3S/c1-5(15)9-8(11(16)17)14-10(18-9)7-3-2-6(12)4-13-7/h2-4H,1H3,(H,16,17). The molecule has 5 nitrogen and oxygen atoms in total. The van der Waals surface area contributed by atoms with E-state index in [0.29, 0.717) is 15.7 Å². The predicted octanol–water partition coefficient (Wildman–Crippen LogP) is 2.76. The second-order valence-electron chi connectivity index (χ2n) is 3.42. The molecule has 0 aliphatic carbocycles. The van der Waals surface area contributed by atoms with Gasteiger partial charge in [-0.15, -0.1) is 11.3 Å². The Labute approximate surface area is 111 Å². The molecule has 0 saturated carbocycles. The SMILES string of the molecule is CC(=O)c1sc(-c2ccc(Cl)cn2)nc1C(=O)O. The molecule has 0 fully saturated rings. The van der Waals surface area contributed by atoms with Gasteiger partial charge in [0, 0.05) is 13.1 Å². The van der Waals surface area contributed by atoms with Gasteiger partial charge in [-0.25, -0.2) is 9.78 Å². The van der Waals surface area contributed by atoms with Crippen LogP contribution in [-0.2, 0) is 0 Å². The minimum Gasteiger partial charge on any atom is -0.476 e. The Morgan fingerprint density at radius 3 is 2.56 bits per heavy atom. The summed E-state index contributed by atoms with van der Waals surface area (Å²) >= 11 is 6.72. The number of halogens is 1. The highest BCUT2D eigenvalue weighted by molar-refractivity contribution is 7.17. The van der Waals surface area contributed by atoms with Crippen LogP contribution in [-0.4, -0.2) is 26.8 Å². The van der Waals surface area contributed by atoms with Crippen molar-refractivity contribution in [2.75, 3.05) is 0 Å². The van der Waals surface area contributed by atoms with Crippen LogP contribution in [0.5, 0.6) is 0 Å². The molecule has 2 heterocycles. The molecule has 0 unspecified atom stereocenters. The number of Topliss-reactive ketones (excluding diaryl/α,β-unsaturated/α-hetero) is 1. The number of carboxylic acid groups (broad SMARTS) is 1. The lowest BCUT2D eigenvalue weighted by Crippen LogP contribution is -2.03. The third kappa shape index (κ3) is 2.39. The number of hydrogen-bond donors (Lipinski definition) is 1. The summed E-state index contributed by atoms with van der Waals surface area (Å²) in [7, 11) is 0. The van der Waals surface area contributed by atoms with Gasteiger partial charge in [0.25, 0.3) is 0 Å². The summed E-state index contributed by atoms with van der Waals surface area (Å²) < 4.78 is 0. The fourth-order valence-electron chi connectivity index (χ4n) is 1.32. The first-order valence-electron chi connectivity index (χ1n) is 4.86. The van der Waals surface area contributed by atoms with E-state index < -0.39 is 5.97 Å². The molecule has 0 aliphatic rings. The van der Waals surface area contributed by atoms with Gasteiger partial charge in [-0.2, -0.15) is 0 Å². The smallest absolute Gasteiger partial charge is 0.356 e. The number of hydrogen-bond acceptors (Lipinski definition) is 5. The number of carbonyl (C=O) groups excluding carboxylic acids is 1. The summed E-state index contributed by atoms with van der Waals surface area (Å²) in [5, 5.41) is 9.83. The number of carbonyl (C=O) groups is 2. The molecule has 2 aromatic rings. The van der Waals surface area contributed by atoms with Crippen molar-refractivity contribution in [2.45, 2.75) is 6.92 Å². The van der Waals surface area contributed by atoms with Crippen molar-refractivity contribution in [3.05, 3.63) is 33.9 Å². The molecule has 0 spiro atoms. The molecule has 92 valence electrons. The highest BCUT2D eigenvalue weighted by Crippen LogP contribution is 2.27. The second-order valence-corrected chi connectivity index (χ2v) is 4.86. The lowest BCUT2D eigenvalue weighted by molar-refractivity contribution is 0.0687. The molecule has 18 heavy (non-hydrogen) atoms. The van der Waals surface area contributed by atoms with E-state index in [4.69, 9.17) is 16.7 Å². The van der Waals surface area contributed by atoms with Gasteiger partial charge in [0.15, 0.2) is 11.5 Å². The highest BCUT2D eigenvalue weighted by Gasteiger charge is 2.21. The van der Waals surface area contributed by atoms with Gasteiger partial charge in [-0.05, 0) is 12.1 Å². The summed E-state index contributed by atoms with van der Waals surface area (Å²) in [5.41, 5.74) is 0.249. The van der Waals surface area contributed by atoms with Gasteiger partial charge in [-0.1, -0.05) is 11.6 Å². The van der Waals surface area contributed by atoms with E-state index >= 15 is 0 Å². The Kier molecular flexibility index (Phi) is 3.40. The first-order valence-corrected chi connectivity index (χ1v) is 6.05. The van der Waals surface area contributed by atoms with E-state index in [-0.39, 0.29) is 16.4 Å². The largest absolute Gasteiger partial charge is 0.476 e. The number of thiazole rings is 1. The van der Waals surface area contributed by atoms with Crippen molar-refractivity contribution >= 4 is 34.7 Å². The summed E-state index contributed by atoms with van der Waals surface area (Å²) in [5.74, 6) is -1.55. The zero-order valence-electron chi connectivity index (χ0n) is 9.18. The molecule has 0 radical (unpaired) electrons. The van der Waals surface area contributed by atoms with Crippen LogP contribution in [0.25, 0.3) is 10.7 Å². The molecule has 0 amide bonds. The van der Waals surface area contributed by atoms with Crippen LogP contribution in [0, 0.1) is 0 Å². The van der Waals surface area contributed by atoms with Crippen LogP contribution < -0.4 is 0 Å². The zero-order valence-corrected chi connectivity index (χ0v) is 10.7. The van der Waals surface area contributed by atoms with Crippen molar-refractivity contribution in [3.63, 3.8) is 0 Å². The monoisotopic (exact) mass is 282 g/mol. The number of pyridine rings is 1. The molecular weight excluding hydrogens is 276 g/mol. The molecule has 7 heteroatoms. The fraction of sp³-hybridized carbons (Fsp3) is 0.0909. The summed E-state index contributed by atoms with van der Waals surface area (Å²) in [6, 6.07) is 3.25. The third-order valence-electron chi connectivity index (χ3n) is 2.10. The van der Waals surface area contributed by atoms with Crippen molar-refractivity contribution < 1.29 is 14.7 Å². The van der Waals surface area contributed by atoms with Crippen LogP contribution in [0.15, 0.2) is 18.3 Å². The van der Waals surface area contributed by atoms with E-state index in [0.717, 1.165) is 11.3 Å². The molecule has 0 saturated heterocycles. The maximum absolute atomic E-state index is 11.3. The topological polar surface area (TPSA) is 80.2 Å². The lowest BCUT2D eigenvalue weighted by Gasteiger charge is -1.94. The summed E-state index contributed by atoms with van der Waals surface area (Å²) in [6.45, 7) is 1.30. The quantitative estimate of drug-likeness (QED) is 0.876. The number of nitrogens with zero attached hydrogens (tertiary/aromatic N) is 2. The summed E-state index contributed by atoms with van der Waals surface area (Å²) in [4.78, 5) is 30.4. The van der Waals surface area contributed by atoms with Crippen LogP contribution in [0.4, 0.5) is 0 Å². The van der Waals surface area contributed by atoms with E-state index in [2.05, 4.69) is 9.97 Å². The van der Waals surface area contributed by atoms with Crippen LogP contribution in [0.3, 0.4) is 0 Å². The molecular formula is C11H7ClN2O3S. The minimum absolute atomic E-state index is 0.120. The van der Waals surface area contributed by atoms with E-state index in [1.807, 2.05) is 0 Å². The Bertz CT molecular complexity index is 590. The van der Waals surface area contributed by atoms with E-state index in [9.17, 15) is 9.59 Å². The number of aromatic nitrogens is 2. The van der Waals surface area contributed by atoms with Gasteiger partial charge in [-0.3, -0.25) is 9.78 Å². The molecule has 2 aromatic heterocycles. The van der Waals surface area contributed by atoms with E-state index in [1.54, 1.807) is 12.1 Å². The highest BCUT2D eigenvalue weighted by atomic mass is 35.5. The number of aromatic carboxylic acids is 1. The first-order chi connectivity index (χ1) is 8.49. The van der Waals surface area contributed by atoms with Crippen LogP contribution in [0.2, 0.25) is 5.02 Å². The maximum Gasteiger partial charge on any atom is 0.356 e. The first kappa shape index (κ1) is 12.7. The average Bonchev–Trinajstić information content (AvgIpc) is 2.75. The van der Waals surface area contributed by atoms with Gasteiger partial charge >= 0.3 is 5.97 Å². The molecule has 0 aliphatic heterocycles. The third-order valence-corrected chi connectivity index (χ3v) is 3.50. The van der Waals surface area contributed by atoms with Crippen LogP contribution in [0.1, 0.15) is 27.1 Å². The van der Waals surface area contributed by atoms with Gasteiger partial charge in [0.05, 0.1) is 10.7 Å². The normalized spacial score (nSPS) is 10.3. The van der Waals surface area contributed by atoms with Gasteiger partial charge < -0.3 is 5.11 Å². The zero-order chi connectivity index (χ0) is 13.3. The van der Waals surface area contributed by atoms with Crippen molar-refractivity contribution in [3.8, 4) is 10.7 Å². The fourth-order valence-corrected chi connectivity index (χ4v) is 2.36. The maximum atomic E-state index is 11.3. The molecule has 1 N–H and O–H groups in total. The molecule has 0 aromatic carbocycles. The van der Waals surface area contributed by atoms with E-state index in [1.165, 1.54) is 13.1 Å². The van der Waals surface area contributed by atoms with Crippen molar-refractivity contribution in [1.82, 2.24) is 9.97 Å². The second kappa shape index (κ2) is 4.83. The van der Waals surface area contributed by atoms with Gasteiger partial charge in [0.1, 0.15) is 9.88 Å². The number of rotatable bonds is 3. The van der Waals surface area contributed by atoms with Crippen LogP contribution >= 0.6 is 22.9 Å². The Morgan fingerprint density at radius 2 is 2.11 bits per heavy atom. The van der Waals surface area contributed by atoms with Crippen molar-refractivity contribution in [1.29, 1.82) is 0 Å². The van der Waals surface area contributed by atoms with Crippen molar-refractivity contribution in [2.24, 2.45) is 0 Å². The number of carboxylic acids is 1. The number of ketones is 1. The average molecular weight is 283 g/mol. The molecule has 0 atom stereocenters. The Balaban J connectivity index is 2.53. The lowest BCUT2D eigenvalue weighted by atomic mass is 10.3. The molecule has 2 rings (SSSR count). The minimum atomic E-state index is -1.23. The van der Waals surface area contributed by atoms with Gasteiger partial charge in [0.2, 0.25) is 0 Å². The summed E-state index contributed by atoms with van der Waals surface area (Å²) in [6.07, 6.45) is 1.44. The molecule has 0 bridgehead atoms. The Morgan fingerprint density at radius 1 is 1.39 bits per heavy atom. The predicted molar refractivity (Wildman–Crippen MR) is 67.3 cm³/mol. The Hall–Kier alpha value is -1.79.